The molecule has 1 aromatic carbocycles. The highest BCUT2D eigenvalue weighted by molar-refractivity contribution is 5.60. The highest BCUT2D eigenvalue weighted by Crippen LogP contribution is 2.36. The lowest BCUT2D eigenvalue weighted by molar-refractivity contribution is 0.0625. The molecule has 0 spiro atoms. The number of benzene rings is 1. The summed E-state index contributed by atoms with van der Waals surface area (Å²) in [6, 6.07) is 7.37. The monoisotopic (exact) mass is 231 g/mol. The Kier molecular flexibility index (Phi) is 2.33. The van der Waals surface area contributed by atoms with E-state index in [0.29, 0.717) is 30.2 Å². The van der Waals surface area contributed by atoms with Crippen LogP contribution in [0.2, 0.25) is 0 Å². The van der Waals surface area contributed by atoms with Crippen LogP contribution in [0.1, 0.15) is 24.7 Å². The predicted molar refractivity (Wildman–Crippen MR) is 62.1 cm³/mol. The van der Waals surface area contributed by atoms with Gasteiger partial charge in [0.2, 0.25) is 11.7 Å². The number of hydrogen-bond acceptors (Lipinski definition) is 5. The van der Waals surface area contributed by atoms with E-state index in [2.05, 4.69) is 10.1 Å². The number of anilines is 1. The van der Waals surface area contributed by atoms with E-state index in [1.807, 2.05) is 24.3 Å². The lowest BCUT2D eigenvalue weighted by Gasteiger charge is -2.27. The Morgan fingerprint density at radius 3 is 2.88 bits per heavy atom. The molecule has 2 aromatic rings. The van der Waals surface area contributed by atoms with E-state index < -0.39 is 0 Å². The Morgan fingerprint density at radius 2 is 2.18 bits per heavy atom. The highest BCUT2D eigenvalue weighted by Gasteiger charge is 2.33. The first-order valence-electron chi connectivity index (χ1n) is 5.60. The first-order valence-corrected chi connectivity index (χ1v) is 5.60. The Labute approximate surface area is 98.3 Å². The van der Waals surface area contributed by atoms with Gasteiger partial charge in [-0.2, -0.15) is 4.98 Å². The smallest absolute Gasteiger partial charge is 0.230 e. The minimum absolute atomic E-state index is 0.201. The molecule has 17 heavy (non-hydrogen) atoms. The standard InChI is InChI=1S/C12H13N3O2/c13-9-3-1-2-7(4-9)11-14-12(17-15-11)8-5-10(16)6-8/h1-4,8,10,16H,5-6,13H2. The molecule has 1 saturated carbocycles. The van der Waals surface area contributed by atoms with Crippen LogP contribution in [-0.4, -0.2) is 21.4 Å². The van der Waals surface area contributed by atoms with Crippen LogP contribution in [0.25, 0.3) is 11.4 Å². The zero-order chi connectivity index (χ0) is 11.8. The molecule has 5 heteroatoms. The summed E-state index contributed by atoms with van der Waals surface area (Å²) in [4.78, 5) is 4.33. The van der Waals surface area contributed by atoms with E-state index in [4.69, 9.17) is 10.3 Å². The molecule has 0 bridgehead atoms. The van der Waals surface area contributed by atoms with Crippen LogP contribution in [0, 0.1) is 0 Å². The van der Waals surface area contributed by atoms with Crippen molar-refractivity contribution in [2.75, 3.05) is 5.73 Å². The van der Waals surface area contributed by atoms with Gasteiger partial charge < -0.3 is 15.4 Å². The van der Waals surface area contributed by atoms with E-state index in [-0.39, 0.29) is 12.0 Å². The number of nitrogens with zero attached hydrogens (tertiary/aromatic N) is 2. The van der Waals surface area contributed by atoms with Crippen molar-refractivity contribution in [3.8, 4) is 11.4 Å². The van der Waals surface area contributed by atoms with E-state index >= 15 is 0 Å². The van der Waals surface area contributed by atoms with Gasteiger partial charge in [0.15, 0.2) is 0 Å². The number of aliphatic hydroxyl groups excluding tert-OH is 1. The number of nitrogens with two attached hydrogens (primary N) is 1. The summed E-state index contributed by atoms with van der Waals surface area (Å²) in [5.41, 5.74) is 7.22. The third-order valence-electron chi connectivity index (χ3n) is 3.05. The molecule has 0 aliphatic heterocycles. The molecule has 1 aliphatic rings. The Balaban J connectivity index is 1.85. The molecule has 5 nitrogen and oxygen atoms in total. The van der Waals surface area contributed by atoms with E-state index in [9.17, 15) is 5.11 Å². The van der Waals surface area contributed by atoms with E-state index in [1.165, 1.54) is 0 Å². The van der Waals surface area contributed by atoms with Crippen LogP contribution in [0.3, 0.4) is 0 Å². The molecular formula is C12H13N3O2. The summed E-state index contributed by atoms with van der Waals surface area (Å²) in [5.74, 6) is 1.36. The Morgan fingerprint density at radius 1 is 1.35 bits per heavy atom. The van der Waals surface area contributed by atoms with Gasteiger partial charge in [0, 0.05) is 17.2 Å². The van der Waals surface area contributed by atoms with Crippen molar-refractivity contribution in [1.29, 1.82) is 0 Å². The molecule has 3 rings (SSSR count). The fraction of sp³-hybridized carbons (Fsp3) is 0.333. The Bertz CT molecular complexity index is 532. The van der Waals surface area contributed by atoms with Crippen LogP contribution < -0.4 is 5.73 Å². The van der Waals surface area contributed by atoms with Gasteiger partial charge in [-0.3, -0.25) is 0 Å². The van der Waals surface area contributed by atoms with Crippen LogP contribution in [0.5, 0.6) is 0 Å². The summed E-state index contributed by atoms with van der Waals surface area (Å²) < 4.78 is 5.20. The van der Waals surface area contributed by atoms with Crippen molar-refractivity contribution in [1.82, 2.24) is 10.1 Å². The third-order valence-corrected chi connectivity index (χ3v) is 3.05. The molecule has 1 aromatic heterocycles. The summed E-state index contributed by atoms with van der Waals surface area (Å²) in [5, 5.41) is 13.2. The van der Waals surface area contributed by atoms with Gasteiger partial charge in [-0.15, -0.1) is 0 Å². The average Bonchev–Trinajstić information content (AvgIpc) is 2.74. The first-order chi connectivity index (χ1) is 8.22. The highest BCUT2D eigenvalue weighted by atomic mass is 16.5. The van der Waals surface area contributed by atoms with Crippen molar-refractivity contribution in [2.45, 2.75) is 24.9 Å². The van der Waals surface area contributed by atoms with Gasteiger partial charge in [-0.1, -0.05) is 17.3 Å². The first kappa shape index (κ1) is 10.3. The predicted octanol–water partition coefficient (Wildman–Crippen LogP) is 1.56. The molecule has 0 amide bonds. The minimum Gasteiger partial charge on any atom is -0.399 e. The number of rotatable bonds is 2. The second-order valence-corrected chi connectivity index (χ2v) is 4.40. The number of aromatic nitrogens is 2. The van der Waals surface area contributed by atoms with Crippen molar-refractivity contribution in [3.63, 3.8) is 0 Å². The topological polar surface area (TPSA) is 85.2 Å². The molecule has 0 radical (unpaired) electrons. The Hall–Kier alpha value is -1.88. The zero-order valence-corrected chi connectivity index (χ0v) is 9.21. The van der Waals surface area contributed by atoms with Crippen LogP contribution in [0.15, 0.2) is 28.8 Å². The van der Waals surface area contributed by atoms with Crippen molar-refractivity contribution < 1.29 is 9.63 Å². The van der Waals surface area contributed by atoms with Crippen LogP contribution in [0.4, 0.5) is 5.69 Å². The fourth-order valence-electron chi connectivity index (χ4n) is 1.99. The fourth-order valence-corrected chi connectivity index (χ4v) is 1.99. The summed E-state index contributed by atoms with van der Waals surface area (Å²) >= 11 is 0. The summed E-state index contributed by atoms with van der Waals surface area (Å²) in [6.07, 6.45) is 1.19. The zero-order valence-electron chi connectivity index (χ0n) is 9.21. The SMILES string of the molecule is Nc1cccc(-c2noc(C3CC(O)C3)n2)c1. The van der Waals surface area contributed by atoms with Gasteiger partial charge >= 0.3 is 0 Å². The summed E-state index contributed by atoms with van der Waals surface area (Å²) in [7, 11) is 0. The molecule has 88 valence electrons. The number of aliphatic hydroxyl groups is 1. The average molecular weight is 231 g/mol. The second-order valence-electron chi connectivity index (χ2n) is 4.40. The normalized spacial score (nSPS) is 23.4. The third kappa shape index (κ3) is 1.89. The van der Waals surface area contributed by atoms with Crippen molar-refractivity contribution in [3.05, 3.63) is 30.2 Å². The number of nitrogen functional groups attached to an aromatic ring is 1. The van der Waals surface area contributed by atoms with E-state index in [1.54, 1.807) is 0 Å². The maximum absolute atomic E-state index is 9.23. The molecule has 3 N–H and O–H groups in total. The maximum atomic E-state index is 9.23. The van der Waals surface area contributed by atoms with Gasteiger partial charge in [0.05, 0.1) is 6.10 Å². The maximum Gasteiger partial charge on any atom is 0.230 e. The molecule has 1 fully saturated rings. The van der Waals surface area contributed by atoms with Crippen LogP contribution >= 0.6 is 0 Å². The van der Waals surface area contributed by atoms with E-state index in [0.717, 1.165) is 5.56 Å². The molecule has 1 aliphatic carbocycles. The van der Waals surface area contributed by atoms with Gasteiger partial charge in [0.1, 0.15) is 0 Å². The lowest BCUT2D eigenvalue weighted by atomic mass is 9.82. The molecule has 0 atom stereocenters. The molecule has 1 heterocycles. The molecule has 0 saturated heterocycles. The van der Waals surface area contributed by atoms with Gasteiger partial charge in [-0.25, -0.2) is 0 Å². The molecule has 0 unspecified atom stereocenters. The van der Waals surface area contributed by atoms with Gasteiger partial charge in [-0.05, 0) is 25.0 Å². The quantitative estimate of drug-likeness (QED) is 0.766. The minimum atomic E-state index is -0.220. The number of hydrogen-bond donors (Lipinski definition) is 2. The van der Waals surface area contributed by atoms with Gasteiger partial charge in [0.25, 0.3) is 0 Å². The second kappa shape index (κ2) is 3.85. The summed E-state index contributed by atoms with van der Waals surface area (Å²) in [6.45, 7) is 0. The largest absolute Gasteiger partial charge is 0.399 e. The lowest BCUT2D eigenvalue weighted by Crippen LogP contribution is -2.26. The molecular weight excluding hydrogens is 218 g/mol. The van der Waals surface area contributed by atoms with Crippen LogP contribution in [-0.2, 0) is 0 Å². The van der Waals surface area contributed by atoms with Crippen molar-refractivity contribution in [2.24, 2.45) is 0 Å². The van der Waals surface area contributed by atoms with Crippen molar-refractivity contribution >= 4 is 5.69 Å².